The van der Waals surface area contributed by atoms with Gasteiger partial charge in [-0.2, -0.15) is 11.8 Å². The average molecular weight is 214 g/mol. The van der Waals surface area contributed by atoms with E-state index in [2.05, 4.69) is 37.6 Å². The second-order valence-electron chi connectivity index (χ2n) is 4.48. The van der Waals surface area contributed by atoms with E-state index < -0.39 is 0 Å². The van der Waals surface area contributed by atoms with E-state index in [4.69, 9.17) is 5.84 Å². The van der Waals surface area contributed by atoms with E-state index in [1.807, 2.05) is 0 Å². The second-order valence-corrected chi connectivity index (χ2v) is 6.11. The average Bonchev–Trinajstić information content (AvgIpc) is 2.53. The molecule has 0 radical (unpaired) electrons. The Balaban J connectivity index is 2.47. The topological polar surface area (TPSA) is 38.0 Å². The van der Waals surface area contributed by atoms with Gasteiger partial charge in [0.1, 0.15) is 0 Å². The zero-order chi connectivity index (χ0) is 10.6. The van der Waals surface area contributed by atoms with Gasteiger partial charge in [-0.1, -0.05) is 5.57 Å². The highest BCUT2D eigenvalue weighted by molar-refractivity contribution is 8.00. The summed E-state index contributed by atoms with van der Waals surface area (Å²) in [5.41, 5.74) is 4.22. The van der Waals surface area contributed by atoms with Crippen molar-refractivity contribution in [2.45, 2.75) is 50.3 Å². The number of nitrogens with two attached hydrogens (primary N) is 1. The first-order valence-electron chi connectivity index (χ1n) is 5.33. The highest BCUT2D eigenvalue weighted by Gasteiger charge is 2.36. The van der Waals surface area contributed by atoms with Crippen molar-refractivity contribution in [2.75, 3.05) is 5.75 Å². The van der Waals surface area contributed by atoms with Crippen LogP contribution in [0, 0.1) is 0 Å². The van der Waals surface area contributed by atoms with Crippen molar-refractivity contribution >= 4 is 11.8 Å². The fourth-order valence-electron chi connectivity index (χ4n) is 2.03. The van der Waals surface area contributed by atoms with E-state index in [1.54, 1.807) is 0 Å². The molecule has 0 spiro atoms. The van der Waals surface area contributed by atoms with Crippen LogP contribution in [0.1, 0.15) is 39.5 Å². The van der Waals surface area contributed by atoms with E-state index >= 15 is 0 Å². The maximum absolute atomic E-state index is 5.63. The Morgan fingerprint density at radius 1 is 1.71 bits per heavy atom. The van der Waals surface area contributed by atoms with Gasteiger partial charge in [-0.15, -0.1) is 6.58 Å². The van der Waals surface area contributed by atoms with Gasteiger partial charge in [0.15, 0.2) is 0 Å². The van der Waals surface area contributed by atoms with Crippen LogP contribution in [-0.4, -0.2) is 16.5 Å². The second kappa shape index (κ2) is 5.19. The summed E-state index contributed by atoms with van der Waals surface area (Å²) in [5, 5.41) is 0. The highest BCUT2D eigenvalue weighted by Crippen LogP contribution is 2.41. The Labute approximate surface area is 91.7 Å². The van der Waals surface area contributed by atoms with Crippen molar-refractivity contribution in [1.82, 2.24) is 5.43 Å². The minimum atomic E-state index is 0.338. The standard InChI is InChI=1S/C11H22N2S/c1-9(2)5-6-10(13-12)11(3)7-4-8-14-11/h10,13H,1,4-8,12H2,2-3H3. The van der Waals surface area contributed by atoms with Crippen molar-refractivity contribution in [1.29, 1.82) is 0 Å². The molecule has 2 atom stereocenters. The van der Waals surface area contributed by atoms with Gasteiger partial charge in [-0.3, -0.25) is 11.3 Å². The fourth-order valence-corrected chi connectivity index (χ4v) is 3.46. The van der Waals surface area contributed by atoms with Gasteiger partial charge in [0.25, 0.3) is 0 Å². The van der Waals surface area contributed by atoms with Gasteiger partial charge in [0.05, 0.1) is 0 Å². The van der Waals surface area contributed by atoms with E-state index in [0.29, 0.717) is 10.8 Å². The van der Waals surface area contributed by atoms with Crippen LogP contribution in [0.5, 0.6) is 0 Å². The normalized spacial score (nSPS) is 29.1. The molecular weight excluding hydrogens is 192 g/mol. The first-order chi connectivity index (χ1) is 6.58. The predicted octanol–water partition coefficient (Wildman–Crippen LogP) is 2.46. The van der Waals surface area contributed by atoms with Gasteiger partial charge < -0.3 is 0 Å². The third-order valence-electron chi connectivity index (χ3n) is 3.05. The van der Waals surface area contributed by atoms with Gasteiger partial charge in [-0.05, 0) is 45.3 Å². The van der Waals surface area contributed by atoms with E-state index in [9.17, 15) is 0 Å². The van der Waals surface area contributed by atoms with Crippen LogP contribution in [0.3, 0.4) is 0 Å². The largest absolute Gasteiger partial charge is 0.271 e. The lowest BCUT2D eigenvalue weighted by Crippen LogP contribution is -2.48. The van der Waals surface area contributed by atoms with Crippen LogP contribution in [-0.2, 0) is 0 Å². The summed E-state index contributed by atoms with van der Waals surface area (Å²) in [7, 11) is 0. The van der Waals surface area contributed by atoms with Crippen molar-refractivity contribution < 1.29 is 0 Å². The molecule has 0 aromatic rings. The van der Waals surface area contributed by atoms with Crippen LogP contribution in [0.2, 0.25) is 0 Å². The lowest BCUT2D eigenvalue weighted by molar-refractivity contribution is 0.386. The zero-order valence-electron chi connectivity index (χ0n) is 9.31. The zero-order valence-corrected chi connectivity index (χ0v) is 10.1. The lowest BCUT2D eigenvalue weighted by Gasteiger charge is -2.32. The molecule has 0 aromatic heterocycles. The first-order valence-corrected chi connectivity index (χ1v) is 6.31. The summed E-state index contributed by atoms with van der Waals surface area (Å²) in [5.74, 6) is 6.91. The maximum atomic E-state index is 5.63. The molecule has 2 nitrogen and oxygen atoms in total. The molecule has 1 fully saturated rings. The monoisotopic (exact) mass is 214 g/mol. The Hall–Kier alpha value is 0.0100. The molecule has 0 bridgehead atoms. The number of hydrogen-bond donors (Lipinski definition) is 2. The summed E-state index contributed by atoms with van der Waals surface area (Å²) >= 11 is 2.06. The van der Waals surface area contributed by atoms with Crippen LogP contribution < -0.4 is 11.3 Å². The molecule has 0 amide bonds. The minimum absolute atomic E-state index is 0.338. The summed E-state index contributed by atoms with van der Waals surface area (Å²) in [6.45, 7) is 8.34. The van der Waals surface area contributed by atoms with Gasteiger partial charge >= 0.3 is 0 Å². The summed E-state index contributed by atoms with van der Waals surface area (Å²) in [6, 6.07) is 0.423. The minimum Gasteiger partial charge on any atom is -0.271 e. The molecule has 2 unspecified atom stereocenters. The van der Waals surface area contributed by atoms with Gasteiger partial charge in [0.2, 0.25) is 0 Å². The molecule has 0 saturated carbocycles. The lowest BCUT2D eigenvalue weighted by atomic mass is 9.92. The molecule has 1 aliphatic rings. The third kappa shape index (κ3) is 3.01. The van der Waals surface area contributed by atoms with E-state index in [1.165, 1.54) is 24.2 Å². The number of thioether (sulfide) groups is 1. The van der Waals surface area contributed by atoms with E-state index in [-0.39, 0.29) is 0 Å². The molecule has 14 heavy (non-hydrogen) atoms. The van der Waals surface area contributed by atoms with Crippen LogP contribution >= 0.6 is 11.8 Å². The maximum Gasteiger partial charge on any atom is 0.0357 e. The molecule has 3 heteroatoms. The molecule has 3 N–H and O–H groups in total. The van der Waals surface area contributed by atoms with Crippen molar-refractivity contribution in [3.63, 3.8) is 0 Å². The quantitative estimate of drug-likeness (QED) is 0.419. The smallest absolute Gasteiger partial charge is 0.0357 e. The molecule has 1 heterocycles. The number of rotatable bonds is 5. The molecule has 1 rings (SSSR count). The van der Waals surface area contributed by atoms with Crippen molar-refractivity contribution in [3.05, 3.63) is 12.2 Å². The molecular formula is C11H22N2S. The highest BCUT2D eigenvalue weighted by atomic mass is 32.2. The Morgan fingerprint density at radius 3 is 2.86 bits per heavy atom. The third-order valence-corrected chi connectivity index (χ3v) is 4.69. The van der Waals surface area contributed by atoms with E-state index in [0.717, 1.165) is 12.8 Å². The molecule has 0 aliphatic carbocycles. The number of hydrazine groups is 1. The van der Waals surface area contributed by atoms with Crippen LogP contribution in [0.4, 0.5) is 0 Å². The van der Waals surface area contributed by atoms with Crippen LogP contribution in [0.25, 0.3) is 0 Å². The number of allylic oxidation sites excluding steroid dienone is 1. The number of hydrogen-bond acceptors (Lipinski definition) is 3. The number of nitrogens with one attached hydrogen (secondary N) is 1. The Kier molecular flexibility index (Phi) is 4.48. The van der Waals surface area contributed by atoms with Crippen molar-refractivity contribution in [3.8, 4) is 0 Å². The Bertz CT molecular complexity index is 197. The predicted molar refractivity (Wildman–Crippen MR) is 65.3 cm³/mol. The fraction of sp³-hybridized carbons (Fsp3) is 0.818. The van der Waals surface area contributed by atoms with Gasteiger partial charge in [0, 0.05) is 10.8 Å². The summed E-state index contributed by atoms with van der Waals surface area (Å²) in [4.78, 5) is 0. The summed E-state index contributed by atoms with van der Waals surface area (Å²) in [6.07, 6.45) is 4.79. The molecule has 1 aliphatic heterocycles. The summed E-state index contributed by atoms with van der Waals surface area (Å²) < 4.78 is 0.338. The molecule has 1 saturated heterocycles. The molecule has 82 valence electrons. The van der Waals surface area contributed by atoms with Crippen LogP contribution in [0.15, 0.2) is 12.2 Å². The van der Waals surface area contributed by atoms with Gasteiger partial charge in [-0.25, -0.2) is 0 Å². The first kappa shape index (κ1) is 12.1. The SMILES string of the molecule is C=C(C)CCC(NN)C1(C)CCCS1. The van der Waals surface area contributed by atoms with Crippen molar-refractivity contribution in [2.24, 2.45) is 5.84 Å². The Morgan fingerprint density at radius 2 is 2.43 bits per heavy atom. The molecule has 0 aromatic carbocycles.